The van der Waals surface area contributed by atoms with Crippen molar-refractivity contribution in [3.63, 3.8) is 0 Å². The first-order valence-corrected chi connectivity index (χ1v) is 8.19. The van der Waals surface area contributed by atoms with Gasteiger partial charge in [-0.1, -0.05) is 25.5 Å². The van der Waals surface area contributed by atoms with Crippen molar-refractivity contribution in [2.45, 2.75) is 30.8 Å². The first-order valence-electron chi connectivity index (χ1n) is 6.75. The van der Waals surface area contributed by atoms with Gasteiger partial charge < -0.3 is 4.74 Å². The molecule has 0 radical (unpaired) electrons. The summed E-state index contributed by atoms with van der Waals surface area (Å²) in [6.45, 7) is 3.19. The summed E-state index contributed by atoms with van der Waals surface area (Å²) < 4.78 is 32.1. The number of sulfonamides is 1. The summed E-state index contributed by atoms with van der Waals surface area (Å²) in [7, 11) is -3.55. The van der Waals surface area contributed by atoms with Crippen molar-refractivity contribution in [3.8, 4) is 0 Å². The molecule has 1 fully saturated rings. The lowest BCUT2D eigenvalue weighted by Gasteiger charge is -2.32. The number of nitrogens with zero attached hydrogens (tertiary/aromatic N) is 1. The van der Waals surface area contributed by atoms with Gasteiger partial charge in [0.15, 0.2) is 0 Å². The highest BCUT2D eigenvalue weighted by Crippen LogP contribution is 2.20. The number of ether oxygens (including phenoxy) is 1. The second-order valence-corrected chi connectivity index (χ2v) is 6.77. The maximum Gasteiger partial charge on any atom is 0.243 e. The lowest BCUT2D eigenvalue weighted by Crippen LogP contribution is -2.45. The standard InChI is InChI=1S/C14H19NO4S/c1-2-4-13-10-15(7-8-19-13)20(17,18)14-6-3-5-12(9-14)11-16/h3,5-6,9,11,13H,2,4,7-8,10H2,1H3. The summed E-state index contributed by atoms with van der Waals surface area (Å²) in [6, 6.07) is 6.10. The summed E-state index contributed by atoms with van der Waals surface area (Å²) in [4.78, 5) is 10.9. The molecule has 0 spiro atoms. The van der Waals surface area contributed by atoms with E-state index in [0.717, 1.165) is 12.8 Å². The molecule has 110 valence electrons. The Balaban J connectivity index is 2.22. The maximum atomic E-state index is 12.6. The third-order valence-electron chi connectivity index (χ3n) is 3.34. The highest BCUT2D eigenvalue weighted by Gasteiger charge is 2.30. The molecule has 1 aromatic carbocycles. The molecule has 6 heteroatoms. The van der Waals surface area contributed by atoms with Gasteiger partial charge in [-0.3, -0.25) is 4.79 Å². The van der Waals surface area contributed by atoms with Gasteiger partial charge in [0.1, 0.15) is 6.29 Å². The first kappa shape index (κ1) is 15.2. The molecule has 0 saturated carbocycles. The third-order valence-corrected chi connectivity index (χ3v) is 5.21. The van der Waals surface area contributed by atoms with Crippen molar-refractivity contribution in [2.75, 3.05) is 19.7 Å². The van der Waals surface area contributed by atoms with Crippen molar-refractivity contribution in [1.82, 2.24) is 4.31 Å². The summed E-state index contributed by atoms with van der Waals surface area (Å²) in [5, 5.41) is 0. The largest absolute Gasteiger partial charge is 0.375 e. The minimum absolute atomic E-state index is 0.0437. The minimum atomic E-state index is -3.55. The van der Waals surface area contributed by atoms with Crippen LogP contribution in [0, 0.1) is 0 Å². The molecule has 0 amide bonds. The average molecular weight is 297 g/mol. The Bertz CT molecular complexity index is 568. The van der Waals surface area contributed by atoms with Gasteiger partial charge in [0.25, 0.3) is 0 Å². The second kappa shape index (κ2) is 6.47. The zero-order chi connectivity index (χ0) is 14.6. The Hall–Kier alpha value is -1.24. The molecule has 1 unspecified atom stereocenters. The molecule has 5 nitrogen and oxygen atoms in total. The van der Waals surface area contributed by atoms with Crippen molar-refractivity contribution in [3.05, 3.63) is 29.8 Å². The van der Waals surface area contributed by atoms with E-state index in [0.29, 0.717) is 31.5 Å². The van der Waals surface area contributed by atoms with Gasteiger partial charge >= 0.3 is 0 Å². The Morgan fingerprint density at radius 1 is 1.45 bits per heavy atom. The zero-order valence-electron chi connectivity index (χ0n) is 11.5. The van der Waals surface area contributed by atoms with Crippen LogP contribution in [-0.2, 0) is 14.8 Å². The number of aldehydes is 1. The molecule has 1 aliphatic rings. The van der Waals surface area contributed by atoms with E-state index in [1.165, 1.54) is 16.4 Å². The van der Waals surface area contributed by atoms with Gasteiger partial charge in [-0.05, 0) is 18.6 Å². The molecule has 1 atom stereocenters. The minimum Gasteiger partial charge on any atom is -0.375 e. The Kier molecular flexibility index (Phi) is 4.91. The SMILES string of the molecule is CCCC1CN(S(=O)(=O)c2cccc(C=O)c2)CCO1. The van der Waals surface area contributed by atoms with Gasteiger partial charge in [-0.15, -0.1) is 0 Å². The molecule has 1 saturated heterocycles. The zero-order valence-corrected chi connectivity index (χ0v) is 12.3. The number of hydrogen-bond acceptors (Lipinski definition) is 4. The molecule has 0 N–H and O–H groups in total. The van der Waals surface area contributed by atoms with Gasteiger partial charge in [0, 0.05) is 18.7 Å². The predicted octanol–water partition coefficient (Wildman–Crippen LogP) is 1.69. The molecule has 2 rings (SSSR count). The molecule has 0 aliphatic carbocycles. The fourth-order valence-corrected chi connectivity index (χ4v) is 3.82. The molecule has 1 heterocycles. The lowest BCUT2D eigenvalue weighted by atomic mass is 10.2. The molecule has 1 aromatic rings. The van der Waals surface area contributed by atoms with Crippen molar-refractivity contribution in [2.24, 2.45) is 0 Å². The van der Waals surface area contributed by atoms with E-state index in [1.807, 2.05) is 6.92 Å². The van der Waals surface area contributed by atoms with E-state index >= 15 is 0 Å². The summed E-state index contributed by atoms with van der Waals surface area (Å²) in [5.41, 5.74) is 0.365. The van der Waals surface area contributed by atoms with Crippen LogP contribution in [0.15, 0.2) is 29.2 Å². The highest BCUT2D eigenvalue weighted by molar-refractivity contribution is 7.89. The van der Waals surface area contributed by atoms with E-state index < -0.39 is 10.0 Å². The van der Waals surface area contributed by atoms with Crippen LogP contribution in [0.2, 0.25) is 0 Å². The maximum absolute atomic E-state index is 12.6. The molecule has 1 aliphatic heterocycles. The van der Waals surface area contributed by atoms with E-state index in [-0.39, 0.29) is 11.0 Å². The second-order valence-electron chi connectivity index (χ2n) is 4.83. The van der Waals surface area contributed by atoms with Gasteiger partial charge in [0.05, 0.1) is 17.6 Å². The van der Waals surface area contributed by atoms with Crippen LogP contribution < -0.4 is 0 Å². The van der Waals surface area contributed by atoms with Crippen LogP contribution in [-0.4, -0.2) is 44.8 Å². The number of hydrogen-bond donors (Lipinski definition) is 0. The molecular formula is C14H19NO4S. The van der Waals surface area contributed by atoms with Crippen molar-refractivity contribution < 1.29 is 17.9 Å². The first-order chi connectivity index (χ1) is 9.57. The van der Waals surface area contributed by atoms with E-state index in [4.69, 9.17) is 4.74 Å². The summed E-state index contributed by atoms with van der Waals surface area (Å²) in [5.74, 6) is 0. The lowest BCUT2D eigenvalue weighted by molar-refractivity contribution is -0.00579. The fraction of sp³-hybridized carbons (Fsp3) is 0.500. The van der Waals surface area contributed by atoms with E-state index in [1.54, 1.807) is 12.1 Å². The van der Waals surface area contributed by atoms with Crippen LogP contribution in [0.25, 0.3) is 0 Å². The van der Waals surface area contributed by atoms with Crippen LogP contribution in [0.1, 0.15) is 30.1 Å². The summed E-state index contributed by atoms with van der Waals surface area (Å²) >= 11 is 0. The van der Waals surface area contributed by atoms with Gasteiger partial charge in [-0.25, -0.2) is 8.42 Å². The van der Waals surface area contributed by atoms with Crippen LogP contribution in [0.5, 0.6) is 0 Å². The van der Waals surface area contributed by atoms with E-state index in [9.17, 15) is 13.2 Å². The average Bonchev–Trinajstić information content (AvgIpc) is 2.48. The van der Waals surface area contributed by atoms with Crippen molar-refractivity contribution >= 4 is 16.3 Å². The van der Waals surface area contributed by atoms with Gasteiger partial charge in [-0.2, -0.15) is 4.31 Å². The van der Waals surface area contributed by atoms with Crippen LogP contribution in [0.4, 0.5) is 0 Å². The smallest absolute Gasteiger partial charge is 0.243 e. The number of morpholine rings is 1. The highest BCUT2D eigenvalue weighted by atomic mass is 32.2. The Morgan fingerprint density at radius 2 is 2.25 bits per heavy atom. The van der Waals surface area contributed by atoms with E-state index in [2.05, 4.69) is 0 Å². The van der Waals surface area contributed by atoms with Crippen LogP contribution >= 0.6 is 0 Å². The quantitative estimate of drug-likeness (QED) is 0.776. The Labute approximate surface area is 119 Å². The predicted molar refractivity (Wildman–Crippen MR) is 75.2 cm³/mol. The molecule has 20 heavy (non-hydrogen) atoms. The fourth-order valence-electron chi connectivity index (χ4n) is 2.30. The van der Waals surface area contributed by atoms with Gasteiger partial charge in [0.2, 0.25) is 10.0 Å². The monoisotopic (exact) mass is 297 g/mol. The number of carbonyl (C=O) groups excluding carboxylic acids is 1. The molecule has 0 bridgehead atoms. The normalized spacial score (nSPS) is 20.8. The summed E-state index contributed by atoms with van der Waals surface area (Å²) in [6.07, 6.45) is 2.41. The molecule has 0 aromatic heterocycles. The Morgan fingerprint density at radius 3 is 2.95 bits per heavy atom. The molecular weight excluding hydrogens is 278 g/mol. The van der Waals surface area contributed by atoms with Crippen molar-refractivity contribution in [1.29, 1.82) is 0 Å². The topological polar surface area (TPSA) is 63.7 Å². The number of benzene rings is 1. The number of rotatable bonds is 5. The number of carbonyl (C=O) groups is 1. The third kappa shape index (κ3) is 3.26. The van der Waals surface area contributed by atoms with Crippen LogP contribution in [0.3, 0.4) is 0 Å².